The largest absolute Gasteiger partial charge is 0.478 e. The molecule has 0 radical (unpaired) electrons. The molecular formula is C17H20N6O2. The number of carbonyl (C=O) groups is 1. The molecule has 0 atom stereocenters. The standard InChI is InChI=1S/C17H20N6O2/c1-23(7-6-10-2-4-11(5-3-10)16(24)25)9-12-8-20-15-13(12)14(18)21-17(19)22-15/h2-5,8H,6-7,9H2,1H3,(H,24,25)(H5,18,19,20,21,22). The highest BCUT2D eigenvalue weighted by molar-refractivity contribution is 5.90. The van der Waals surface area contributed by atoms with Crippen LogP contribution in [0.1, 0.15) is 21.5 Å². The highest BCUT2D eigenvalue weighted by Gasteiger charge is 2.12. The molecule has 8 nitrogen and oxygen atoms in total. The molecule has 0 fully saturated rings. The molecule has 0 aliphatic heterocycles. The second-order valence-electron chi connectivity index (χ2n) is 5.99. The third-order valence-electron chi connectivity index (χ3n) is 4.08. The van der Waals surface area contributed by atoms with E-state index in [0.29, 0.717) is 23.6 Å². The molecule has 25 heavy (non-hydrogen) atoms. The van der Waals surface area contributed by atoms with Crippen LogP contribution in [-0.4, -0.2) is 44.5 Å². The van der Waals surface area contributed by atoms with Gasteiger partial charge in [-0.05, 0) is 36.7 Å². The van der Waals surface area contributed by atoms with Crippen LogP contribution in [0.5, 0.6) is 0 Å². The zero-order valence-electron chi connectivity index (χ0n) is 13.9. The highest BCUT2D eigenvalue weighted by Crippen LogP contribution is 2.23. The molecule has 0 aliphatic rings. The lowest BCUT2D eigenvalue weighted by atomic mass is 10.1. The van der Waals surface area contributed by atoms with Crippen LogP contribution in [0.25, 0.3) is 11.0 Å². The van der Waals surface area contributed by atoms with Crippen molar-refractivity contribution in [2.75, 3.05) is 25.1 Å². The molecule has 0 aliphatic carbocycles. The van der Waals surface area contributed by atoms with E-state index >= 15 is 0 Å². The number of benzene rings is 1. The Hall–Kier alpha value is -3.13. The van der Waals surface area contributed by atoms with Gasteiger partial charge in [0.1, 0.15) is 11.5 Å². The number of nitrogens with one attached hydrogen (secondary N) is 1. The van der Waals surface area contributed by atoms with Crippen molar-refractivity contribution in [2.45, 2.75) is 13.0 Å². The van der Waals surface area contributed by atoms with Gasteiger partial charge in [-0.3, -0.25) is 0 Å². The van der Waals surface area contributed by atoms with Crippen molar-refractivity contribution in [3.63, 3.8) is 0 Å². The van der Waals surface area contributed by atoms with Crippen molar-refractivity contribution in [3.8, 4) is 0 Å². The van der Waals surface area contributed by atoms with Crippen LogP contribution in [0, 0.1) is 0 Å². The van der Waals surface area contributed by atoms with Gasteiger partial charge in [0, 0.05) is 19.3 Å². The van der Waals surface area contributed by atoms with Gasteiger partial charge in [-0.2, -0.15) is 9.97 Å². The van der Waals surface area contributed by atoms with Crippen molar-refractivity contribution in [1.29, 1.82) is 0 Å². The Bertz CT molecular complexity index is 903. The summed E-state index contributed by atoms with van der Waals surface area (Å²) in [7, 11) is 2.01. The number of carboxylic acid groups (broad SMARTS) is 1. The molecule has 1 aromatic carbocycles. The van der Waals surface area contributed by atoms with E-state index in [1.807, 2.05) is 25.4 Å². The third kappa shape index (κ3) is 3.69. The van der Waals surface area contributed by atoms with Gasteiger partial charge in [-0.1, -0.05) is 12.1 Å². The van der Waals surface area contributed by atoms with Crippen LogP contribution in [-0.2, 0) is 13.0 Å². The van der Waals surface area contributed by atoms with Crippen LogP contribution >= 0.6 is 0 Å². The summed E-state index contributed by atoms with van der Waals surface area (Å²) in [5, 5.41) is 9.72. The van der Waals surface area contributed by atoms with Crippen LogP contribution in [0.4, 0.5) is 11.8 Å². The number of hydrogen-bond acceptors (Lipinski definition) is 6. The second kappa shape index (κ2) is 6.78. The SMILES string of the molecule is CN(CCc1ccc(C(=O)O)cc1)Cc1c[nH]c2nc(N)nc(N)c12. The van der Waals surface area contributed by atoms with E-state index < -0.39 is 5.97 Å². The van der Waals surface area contributed by atoms with Crippen molar-refractivity contribution in [3.05, 3.63) is 47.2 Å². The lowest BCUT2D eigenvalue weighted by molar-refractivity contribution is 0.0697. The second-order valence-corrected chi connectivity index (χ2v) is 5.99. The molecule has 2 heterocycles. The third-order valence-corrected chi connectivity index (χ3v) is 4.08. The summed E-state index contributed by atoms with van der Waals surface area (Å²) in [6, 6.07) is 6.94. The summed E-state index contributed by atoms with van der Waals surface area (Å²) in [5.74, 6) is -0.392. The van der Waals surface area contributed by atoms with Crippen LogP contribution in [0.3, 0.4) is 0 Å². The van der Waals surface area contributed by atoms with E-state index in [1.165, 1.54) is 0 Å². The van der Waals surface area contributed by atoms with Crippen molar-refractivity contribution in [1.82, 2.24) is 19.9 Å². The summed E-state index contributed by atoms with van der Waals surface area (Å²) in [6.45, 7) is 1.50. The Balaban J connectivity index is 1.65. The Morgan fingerprint density at radius 1 is 1.24 bits per heavy atom. The van der Waals surface area contributed by atoms with Crippen LogP contribution in [0.2, 0.25) is 0 Å². The quantitative estimate of drug-likeness (QED) is 0.534. The molecule has 3 rings (SSSR count). The molecule has 0 unspecified atom stereocenters. The minimum absolute atomic E-state index is 0.150. The first-order chi connectivity index (χ1) is 11.9. The average molecular weight is 340 g/mol. The number of aromatic nitrogens is 3. The molecule has 0 spiro atoms. The van der Waals surface area contributed by atoms with E-state index in [1.54, 1.807) is 12.1 Å². The number of nitrogens with two attached hydrogens (primary N) is 2. The van der Waals surface area contributed by atoms with Crippen molar-refractivity contribution in [2.24, 2.45) is 0 Å². The fourth-order valence-corrected chi connectivity index (χ4v) is 2.77. The summed E-state index contributed by atoms with van der Waals surface area (Å²) in [4.78, 5) is 24.3. The zero-order chi connectivity index (χ0) is 18.0. The molecule has 130 valence electrons. The number of aromatic amines is 1. The fraction of sp³-hybridized carbons (Fsp3) is 0.235. The first-order valence-electron chi connectivity index (χ1n) is 7.84. The minimum Gasteiger partial charge on any atom is -0.478 e. The van der Waals surface area contributed by atoms with Gasteiger partial charge in [0.15, 0.2) is 0 Å². The van der Waals surface area contributed by atoms with Gasteiger partial charge < -0.3 is 26.5 Å². The molecule has 2 aromatic heterocycles. The minimum atomic E-state index is -0.913. The smallest absolute Gasteiger partial charge is 0.335 e. The Kier molecular flexibility index (Phi) is 4.53. The van der Waals surface area contributed by atoms with E-state index in [2.05, 4.69) is 19.9 Å². The average Bonchev–Trinajstić information content (AvgIpc) is 2.96. The predicted octanol–water partition coefficient (Wildman–Crippen LogP) is 1.49. The van der Waals surface area contributed by atoms with Gasteiger partial charge in [0.05, 0.1) is 10.9 Å². The lowest BCUT2D eigenvalue weighted by Crippen LogP contribution is -2.20. The van der Waals surface area contributed by atoms with E-state index in [4.69, 9.17) is 16.6 Å². The zero-order valence-corrected chi connectivity index (χ0v) is 13.9. The first-order valence-corrected chi connectivity index (χ1v) is 7.84. The van der Waals surface area contributed by atoms with E-state index in [0.717, 1.165) is 29.5 Å². The van der Waals surface area contributed by atoms with Crippen LogP contribution in [0.15, 0.2) is 30.5 Å². The molecule has 0 saturated carbocycles. The molecule has 0 bridgehead atoms. The number of anilines is 2. The summed E-state index contributed by atoms with van der Waals surface area (Å²) in [6.07, 6.45) is 2.69. The van der Waals surface area contributed by atoms with Crippen molar-refractivity contribution >= 4 is 28.8 Å². The number of hydrogen-bond donors (Lipinski definition) is 4. The van der Waals surface area contributed by atoms with Crippen molar-refractivity contribution < 1.29 is 9.90 Å². The van der Waals surface area contributed by atoms with E-state index in [9.17, 15) is 4.79 Å². The number of rotatable bonds is 6. The van der Waals surface area contributed by atoms with Gasteiger partial charge in [0.25, 0.3) is 0 Å². The number of H-pyrrole nitrogens is 1. The van der Waals surface area contributed by atoms with Gasteiger partial charge in [-0.25, -0.2) is 4.79 Å². The first kappa shape index (κ1) is 16.7. The van der Waals surface area contributed by atoms with Gasteiger partial charge in [0.2, 0.25) is 5.95 Å². The van der Waals surface area contributed by atoms with Gasteiger partial charge in [-0.15, -0.1) is 0 Å². The normalized spacial score (nSPS) is 11.3. The number of fused-ring (bicyclic) bond motifs is 1. The topological polar surface area (TPSA) is 134 Å². The molecule has 6 N–H and O–H groups in total. The maximum Gasteiger partial charge on any atom is 0.335 e. The molecule has 0 amide bonds. The summed E-state index contributed by atoms with van der Waals surface area (Å²) in [5.41, 5.74) is 14.6. The number of nitrogen functional groups attached to an aromatic ring is 2. The number of nitrogens with zero attached hydrogens (tertiary/aromatic N) is 3. The van der Waals surface area contributed by atoms with Gasteiger partial charge >= 0.3 is 5.97 Å². The maximum atomic E-state index is 10.9. The Labute approximate surface area is 144 Å². The number of carboxylic acids is 1. The van der Waals surface area contributed by atoms with Crippen LogP contribution < -0.4 is 11.5 Å². The maximum absolute atomic E-state index is 10.9. The summed E-state index contributed by atoms with van der Waals surface area (Å²) < 4.78 is 0. The summed E-state index contributed by atoms with van der Waals surface area (Å²) >= 11 is 0. The molecule has 0 saturated heterocycles. The lowest BCUT2D eigenvalue weighted by Gasteiger charge is -2.16. The molecule has 8 heteroatoms. The molecular weight excluding hydrogens is 320 g/mol. The Morgan fingerprint density at radius 3 is 2.64 bits per heavy atom. The fourth-order valence-electron chi connectivity index (χ4n) is 2.77. The number of likely N-dealkylation sites (N-methyl/N-ethyl adjacent to an activating group) is 1. The number of aromatic carboxylic acids is 1. The van der Waals surface area contributed by atoms with E-state index in [-0.39, 0.29) is 5.95 Å². The predicted molar refractivity (Wildman–Crippen MR) is 96.2 cm³/mol. The monoisotopic (exact) mass is 340 g/mol. The highest BCUT2D eigenvalue weighted by atomic mass is 16.4. The molecule has 3 aromatic rings. The Morgan fingerprint density at radius 2 is 1.96 bits per heavy atom.